The molecule has 0 aliphatic carbocycles. The van der Waals surface area contributed by atoms with Crippen molar-refractivity contribution in [3.05, 3.63) is 65.2 Å². The highest BCUT2D eigenvalue weighted by Gasteiger charge is 2.23. The van der Waals surface area contributed by atoms with Crippen LogP contribution in [0.1, 0.15) is 41.8 Å². The molecule has 1 atom stereocenters. The maximum Gasteiger partial charge on any atom is 0.254 e. The fourth-order valence-electron chi connectivity index (χ4n) is 2.95. The number of nitrogen functional groups attached to an aromatic ring is 1. The van der Waals surface area contributed by atoms with Crippen LogP contribution in [0, 0.1) is 6.92 Å². The van der Waals surface area contributed by atoms with E-state index in [0.717, 1.165) is 18.4 Å². The summed E-state index contributed by atoms with van der Waals surface area (Å²) in [5.41, 5.74) is 9.43. The Bertz CT molecular complexity index is 658. The number of nitrogens with two attached hydrogens (primary N) is 1. The van der Waals surface area contributed by atoms with E-state index in [1.54, 1.807) is 6.07 Å². The van der Waals surface area contributed by atoms with Gasteiger partial charge in [0.05, 0.1) is 0 Å². The quantitative estimate of drug-likeness (QED) is 0.784. The number of carbonyl (C=O) groups is 1. The lowest BCUT2D eigenvalue weighted by molar-refractivity contribution is 0.0683. The van der Waals surface area contributed by atoms with Crippen LogP contribution in [0.25, 0.3) is 0 Å². The molecule has 24 heavy (non-hydrogen) atoms. The molecule has 3 nitrogen and oxygen atoms in total. The second-order valence-electron chi connectivity index (χ2n) is 5.92. The third-order valence-corrected chi connectivity index (χ3v) is 4.32. The number of hydrogen-bond donors (Lipinski definition) is 1. The van der Waals surface area contributed by atoms with Gasteiger partial charge in [0.25, 0.3) is 5.91 Å². The Morgan fingerprint density at radius 1 is 1.12 bits per heavy atom. The Morgan fingerprint density at radius 3 is 2.38 bits per heavy atom. The van der Waals surface area contributed by atoms with Gasteiger partial charge in [-0.2, -0.15) is 0 Å². The van der Waals surface area contributed by atoms with Crippen molar-refractivity contribution >= 4 is 24.0 Å². The Hall–Kier alpha value is -2.00. The summed E-state index contributed by atoms with van der Waals surface area (Å²) in [6.45, 7) is 6.82. The Kier molecular flexibility index (Phi) is 7.80. The van der Waals surface area contributed by atoms with Crippen LogP contribution in [0.2, 0.25) is 0 Å². The molecule has 0 aliphatic rings. The Morgan fingerprint density at radius 2 is 1.79 bits per heavy atom. The molecule has 0 bridgehead atoms. The highest BCUT2D eigenvalue weighted by atomic mass is 35.5. The van der Waals surface area contributed by atoms with Crippen LogP contribution < -0.4 is 5.73 Å². The van der Waals surface area contributed by atoms with Gasteiger partial charge in [-0.3, -0.25) is 4.79 Å². The number of halogens is 1. The van der Waals surface area contributed by atoms with Crippen LogP contribution in [-0.2, 0) is 6.42 Å². The van der Waals surface area contributed by atoms with Gasteiger partial charge >= 0.3 is 0 Å². The molecule has 1 unspecified atom stereocenters. The summed E-state index contributed by atoms with van der Waals surface area (Å²) in [5.74, 6) is 0.0695. The number of amides is 1. The molecule has 2 aromatic rings. The summed E-state index contributed by atoms with van der Waals surface area (Å²) in [4.78, 5) is 15.0. The number of carbonyl (C=O) groups excluding carboxylic acids is 1. The van der Waals surface area contributed by atoms with E-state index in [1.165, 1.54) is 5.56 Å². The van der Waals surface area contributed by atoms with Gasteiger partial charge in [-0.1, -0.05) is 43.3 Å². The lowest BCUT2D eigenvalue weighted by Gasteiger charge is -2.31. The van der Waals surface area contributed by atoms with Crippen LogP contribution in [0.5, 0.6) is 0 Å². The number of rotatable bonds is 6. The minimum absolute atomic E-state index is 0. The van der Waals surface area contributed by atoms with Gasteiger partial charge < -0.3 is 10.6 Å². The lowest BCUT2D eigenvalue weighted by atomic mass is 10.00. The van der Waals surface area contributed by atoms with Gasteiger partial charge in [0, 0.05) is 23.8 Å². The molecule has 0 spiro atoms. The van der Waals surface area contributed by atoms with Crippen molar-refractivity contribution in [2.24, 2.45) is 0 Å². The standard InChI is InChI=1S/C20H26N2O.ClH/c1-4-18(13-16-9-7-6-8-10-16)22(5-2)20(23)19-14-17(21)12-11-15(19)3;/h6-12,14,18H,4-5,13,21H2,1-3H3;1H. The second-order valence-corrected chi connectivity index (χ2v) is 5.92. The van der Waals surface area contributed by atoms with E-state index in [1.807, 2.05) is 49.1 Å². The molecule has 130 valence electrons. The summed E-state index contributed by atoms with van der Waals surface area (Å²) >= 11 is 0. The first-order valence-electron chi connectivity index (χ1n) is 8.27. The topological polar surface area (TPSA) is 46.3 Å². The molecule has 0 radical (unpaired) electrons. The molecule has 0 saturated heterocycles. The van der Waals surface area contributed by atoms with Gasteiger partial charge in [-0.15, -0.1) is 12.4 Å². The molecule has 2 aromatic carbocycles. The zero-order valence-electron chi connectivity index (χ0n) is 14.7. The molecular formula is C20H27ClN2O. The zero-order valence-corrected chi connectivity index (χ0v) is 15.5. The monoisotopic (exact) mass is 346 g/mol. The SMILES string of the molecule is CCC(Cc1ccccc1)N(CC)C(=O)c1cc(N)ccc1C.Cl. The Balaban J connectivity index is 0.00000288. The van der Waals surface area contributed by atoms with Crippen LogP contribution in [0.15, 0.2) is 48.5 Å². The van der Waals surface area contributed by atoms with Gasteiger partial charge in [0.2, 0.25) is 0 Å². The first-order valence-corrected chi connectivity index (χ1v) is 8.27. The number of hydrogen-bond acceptors (Lipinski definition) is 2. The van der Waals surface area contributed by atoms with E-state index in [4.69, 9.17) is 5.73 Å². The molecule has 2 N–H and O–H groups in total. The molecule has 1 amide bonds. The molecule has 0 aromatic heterocycles. The average molecular weight is 347 g/mol. The van der Waals surface area contributed by atoms with Crippen molar-refractivity contribution in [3.8, 4) is 0 Å². The van der Waals surface area contributed by atoms with E-state index >= 15 is 0 Å². The number of aryl methyl sites for hydroxylation is 1. The number of nitrogens with zero attached hydrogens (tertiary/aromatic N) is 1. The van der Waals surface area contributed by atoms with Gasteiger partial charge in [-0.05, 0) is 49.9 Å². The van der Waals surface area contributed by atoms with Crippen molar-refractivity contribution in [3.63, 3.8) is 0 Å². The van der Waals surface area contributed by atoms with E-state index in [-0.39, 0.29) is 24.4 Å². The molecule has 0 aliphatic heterocycles. The fourth-order valence-corrected chi connectivity index (χ4v) is 2.95. The first-order chi connectivity index (χ1) is 11.1. The second kappa shape index (κ2) is 9.33. The van der Waals surface area contributed by atoms with E-state index in [2.05, 4.69) is 19.1 Å². The van der Waals surface area contributed by atoms with E-state index < -0.39 is 0 Å². The molecule has 4 heteroatoms. The van der Waals surface area contributed by atoms with Crippen molar-refractivity contribution < 1.29 is 4.79 Å². The number of likely N-dealkylation sites (N-methyl/N-ethyl adjacent to an activating group) is 1. The third kappa shape index (κ3) is 4.75. The number of anilines is 1. The zero-order chi connectivity index (χ0) is 16.8. The van der Waals surface area contributed by atoms with Crippen molar-refractivity contribution in [1.82, 2.24) is 4.90 Å². The first kappa shape index (κ1) is 20.0. The normalized spacial score (nSPS) is 11.5. The van der Waals surface area contributed by atoms with Gasteiger partial charge in [0.15, 0.2) is 0 Å². The summed E-state index contributed by atoms with van der Waals surface area (Å²) in [5, 5.41) is 0. The molecule has 2 rings (SSSR count). The summed E-state index contributed by atoms with van der Waals surface area (Å²) in [7, 11) is 0. The highest BCUT2D eigenvalue weighted by molar-refractivity contribution is 5.96. The summed E-state index contributed by atoms with van der Waals surface area (Å²) < 4.78 is 0. The third-order valence-electron chi connectivity index (χ3n) is 4.32. The largest absolute Gasteiger partial charge is 0.399 e. The minimum atomic E-state index is 0. The lowest BCUT2D eigenvalue weighted by Crippen LogP contribution is -2.41. The maximum atomic E-state index is 13.0. The molecule has 0 fully saturated rings. The fraction of sp³-hybridized carbons (Fsp3) is 0.350. The maximum absolute atomic E-state index is 13.0. The Labute approximate surface area is 151 Å². The van der Waals surface area contributed by atoms with Crippen molar-refractivity contribution in [2.75, 3.05) is 12.3 Å². The van der Waals surface area contributed by atoms with Crippen LogP contribution >= 0.6 is 12.4 Å². The molecule has 0 saturated carbocycles. The molecular weight excluding hydrogens is 320 g/mol. The number of benzene rings is 2. The van der Waals surface area contributed by atoms with E-state index in [9.17, 15) is 4.79 Å². The summed E-state index contributed by atoms with van der Waals surface area (Å²) in [6.07, 6.45) is 1.80. The minimum Gasteiger partial charge on any atom is -0.399 e. The van der Waals surface area contributed by atoms with Gasteiger partial charge in [0.1, 0.15) is 0 Å². The van der Waals surface area contributed by atoms with Gasteiger partial charge in [-0.25, -0.2) is 0 Å². The van der Waals surface area contributed by atoms with Crippen LogP contribution in [0.4, 0.5) is 5.69 Å². The highest BCUT2D eigenvalue weighted by Crippen LogP contribution is 2.19. The molecule has 0 heterocycles. The van der Waals surface area contributed by atoms with Crippen molar-refractivity contribution in [1.29, 1.82) is 0 Å². The van der Waals surface area contributed by atoms with Crippen LogP contribution in [-0.4, -0.2) is 23.4 Å². The predicted octanol–water partition coefficient (Wildman–Crippen LogP) is 4.48. The smallest absolute Gasteiger partial charge is 0.254 e. The average Bonchev–Trinajstić information content (AvgIpc) is 2.57. The summed E-state index contributed by atoms with van der Waals surface area (Å²) in [6, 6.07) is 16.1. The van der Waals surface area contributed by atoms with Crippen LogP contribution in [0.3, 0.4) is 0 Å². The van der Waals surface area contributed by atoms with E-state index in [0.29, 0.717) is 17.8 Å². The predicted molar refractivity (Wildman–Crippen MR) is 104 cm³/mol. The van der Waals surface area contributed by atoms with Crippen molar-refractivity contribution in [2.45, 2.75) is 39.7 Å².